The Kier molecular flexibility index (Phi) is 6.31. The van der Waals surface area contributed by atoms with Crippen LogP contribution in [0.5, 0.6) is 0 Å². The van der Waals surface area contributed by atoms with Gasteiger partial charge in [0.15, 0.2) is 0 Å². The molecule has 2 aromatic carbocycles. The summed E-state index contributed by atoms with van der Waals surface area (Å²) in [7, 11) is 0. The van der Waals surface area contributed by atoms with Gasteiger partial charge in [0.05, 0.1) is 16.1 Å². The molecule has 0 aromatic heterocycles. The molecule has 0 fully saturated rings. The van der Waals surface area contributed by atoms with Crippen molar-refractivity contribution in [1.29, 1.82) is 0 Å². The first-order valence-electron chi connectivity index (χ1n) is 8.09. The number of hydrogen-bond donors (Lipinski definition) is 1. The van der Waals surface area contributed by atoms with Gasteiger partial charge >= 0.3 is 0 Å². The Balaban J connectivity index is 1.96. The van der Waals surface area contributed by atoms with Crippen LogP contribution in [0.1, 0.15) is 47.2 Å². The van der Waals surface area contributed by atoms with Crippen LogP contribution in [0.2, 0.25) is 10.0 Å². The van der Waals surface area contributed by atoms with Crippen LogP contribution in [0.15, 0.2) is 30.3 Å². The molecular weight excluding hydrogens is 341 g/mol. The van der Waals surface area contributed by atoms with Gasteiger partial charge in [0.25, 0.3) is 0 Å². The molecular formula is C20H23Cl2NO. The summed E-state index contributed by atoms with van der Waals surface area (Å²) in [4.78, 5) is 12.2. The number of carbonyl (C=O) groups is 1. The molecule has 128 valence electrons. The predicted octanol–water partition coefficient (Wildman–Crippen LogP) is 5.73. The second-order valence-corrected chi connectivity index (χ2v) is 7.15. The zero-order valence-corrected chi connectivity index (χ0v) is 16.1. The lowest BCUT2D eigenvalue weighted by Crippen LogP contribution is -2.27. The van der Waals surface area contributed by atoms with Gasteiger partial charge in [-0.25, -0.2) is 0 Å². The van der Waals surface area contributed by atoms with E-state index >= 15 is 0 Å². The van der Waals surface area contributed by atoms with E-state index in [0.29, 0.717) is 22.9 Å². The van der Waals surface area contributed by atoms with Gasteiger partial charge < -0.3 is 5.32 Å². The Labute approximate surface area is 154 Å². The van der Waals surface area contributed by atoms with E-state index in [1.54, 1.807) is 6.07 Å². The van der Waals surface area contributed by atoms with Crippen molar-refractivity contribution in [2.24, 2.45) is 0 Å². The van der Waals surface area contributed by atoms with Gasteiger partial charge in [-0.3, -0.25) is 4.79 Å². The highest BCUT2D eigenvalue weighted by atomic mass is 35.5. The minimum absolute atomic E-state index is 0.00870. The minimum atomic E-state index is -0.00870. The van der Waals surface area contributed by atoms with Gasteiger partial charge in [0, 0.05) is 6.42 Å². The maximum absolute atomic E-state index is 12.2. The monoisotopic (exact) mass is 363 g/mol. The number of hydrogen-bond acceptors (Lipinski definition) is 1. The van der Waals surface area contributed by atoms with E-state index in [1.165, 1.54) is 22.3 Å². The van der Waals surface area contributed by atoms with Crippen LogP contribution < -0.4 is 5.32 Å². The maximum Gasteiger partial charge on any atom is 0.220 e. The fourth-order valence-electron chi connectivity index (χ4n) is 2.79. The minimum Gasteiger partial charge on any atom is -0.350 e. The first-order valence-corrected chi connectivity index (χ1v) is 8.84. The highest BCUT2D eigenvalue weighted by Crippen LogP contribution is 2.24. The van der Waals surface area contributed by atoms with Gasteiger partial charge in [0.1, 0.15) is 0 Å². The van der Waals surface area contributed by atoms with Crippen LogP contribution in [-0.4, -0.2) is 5.91 Å². The van der Waals surface area contributed by atoms with E-state index in [9.17, 15) is 4.79 Å². The van der Waals surface area contributed by atoms with Crippen molar-refractivity contribution in [2.75, 3.05) is 0 Å². The Morgan fingerprint density at radius 2 is 1.67 bits per heavy atom. The van der Waals surface area contributed by atoms with E-state index < -0.39 is 0 Å². The van der Waals surface area contributed by atoms with Crippen LogP contribution in [0, 0.1) is 20.8 Å². The highest BCUT2D eigenvalue weighted by molar-refractivity contribution is 6.42. The molecule has 2 rings (SSSR count). The summed E-state index contributed by atoms with van der Waals surface area (Å²) in [6.07, 6.45) is 1.06. The molecule has 1 atom stereocenters. The SMILES string of the molecule is Cc1cc(C)c(C(C)NC(=O)CCc2ccc(Cl)c(Cl)c2)cc1C. The summed E-state index contributed by atoms with van der Waals surface area (Å²) in [6.45, 7) is 8.30. The van der Waals surface area contributed by atoms with E-state index in [2.05, 4.69) is 38.2 Å². The van der Waals surface area contributed by atoms with Gasteiger partial charge in [-0.05, 0) is 74.1 Å². The Hall–Kier alpha value is -1.51. The third-order valence-corrected chi connectivity index (χ3v) is 5.09. The lowest BCUT2D eigenvalue weighted by molar-refractivity contribution is -0.121. The smallest absolute Gasteiger partial charge is 0.220 e. The second kappa shape index (κ2) is 8.04. The summed E-state index contributed by atoms with van der Waals surface area (Å²) in [6, 6.07) is 9.80. The van der Waals surface area contributed by atoms with Crippen LogP contribution >= 0.6 is 23.2 Å². The summed E-state index contributed by atoms with van der Waals surface area (Å²) in [5.41, 5.74) is 5.90. The van der Waals surface area contributed by atoms with Crippen LogP contribution in [0.3, 0.4) is 0 Å². The number of carbonyl (C=O) groups excluding carboxylic acids is 1. The Morgan fingerprint density at radius 1 is 1.00 bits per heavy atom. The molecule has 0 spiro atoms. The number of amides is 1. The summed E-state index contributed by atoms with van der Waals surface area (Å²) < 4.78 is 0. The first-order chi connectivity index (χ1) is 11.3. The molecule has 4 heteroatoms. The Morgan fingerprint density at radius 3 is 2.33 bits per heavy atom. The molecule has 0 saturated heterocycles. The third-order valence-electron chi connectivity index (χ3n) is 4.35. The fraction of sp³-hybridized carbons (Fsp3) is 0.350. The van der Waals surface area contributed by atoms with E-state index in [4.69, 9.17) is 23.2 Å². The lowest BCUT2D eigenvalue weighted by atomic mass is 9.96. The zero-order chi connectivity index (χ0) is 17.9. The quantitative estimate of drug-likeness (QED) is 0.721. The number of rotatable bonds is 5. The number of benzene rings is 2. The van der Waals surface area contributed by atoms with Crippen LogP contribution in [0.25, 0.3) is 0 Å². The second-order valence-electron chi connectivity index (χ2n) is 6.33. The highest BCUT2D eigenvalue weighted by Gasteiger charge is 2.13. The summed E-state index contributed by atoms with van der Waals surface area (Å²) >= 11 is 11.9. The normalized spacial score (nSPS) is 12.1. The molecule has 1 amide bonds. The molecule has 0 aliphatic heterocycles. The third kappa shape index (κ3) is 4.75. The van der Waals surface area contributed by atoms with Crippen molar-refractivity contribution in [3.8, 4) is 0 Å². The molecule has 1 N–H and O–H groups in total. The summed E-state index contributed by atoms with van der Waals surface area (Å²) in [5.74, 6) is 0.0335. The average Bonchev–Trinajstić information content (AvgIpc) is 2.52. The van der Waals surface area contributed by atoms with Crippen molar-refractivity contribution in [3.63, 3.8) is 0 Å². The van der Waals surface area contributed by atoms with E-state index in [-0.39, 0.29) is 11.9 Å². The molecule has 2 nitrogen and oxygen atoms in total. The number of aryl methyl sites for hydroxylation is 4. The zero-order valence-electron chi connectivity index (χ0n) is 14.5. The number of halogens is 2. The van der Waals surface area contributed by atoms with Gasteiger partial charge in [0.2, 0.25) is 5.91 Å². The Bertz CT molecular complexity index is 756. The molecule has 1 unspecified atom stereocenters. The molecule has 0 aliphatic carbocycles. The number of nitrogens with one attached hydrogen (secondary N) is 1. The maximum atomic E-state index is 12.2. The fourth-order valence-corrected chi connectivity index (χ4v) is 3.11. The van der Waals surface area contributed by atoms with Crippen molar-refractivity contribution in [2.45, 2.75) is 46.6 Å². The van der Waals surface area contributed by atoms with E-state index in [1.807, 2.05) is 19.1 Å². The van der Waals surface area contributed by atoms with Crippen molar-refractivity contribution >= 4 is 29.1 Å². The first kappa shape index (κ1) is 18.8. The van der Waals surface area contributed by atoms with Gasteiger partial charge in [-0.1, -0.05) is 41.4 Å². The largest absolute Gasteiger partial charge is 0.350 e. The van der Waals surface area contributed by atoms with Gasteiger partial charge in [-0.2, -0.15) is 0 Å². The topological polar surface area (TPSA) is 29.1 Å². The van der Waals surface area contributed by atoms with Gasteiger partial charge in [-0.15, -0.1) is 0 Å². The molecule has 0 saturated carbocycles. The average molecular weight is 364 g/mol. The molecule has 0 radical (unpaired) electrons. The molecule has 0 aliphatic rings. The van der Waals surface area contributed by atoms with Crippen molar-refractivity contribution < 1.29 is 4.79 Å². The lowest BCUT2D eigenvalue weighted by Gasteiger charge is -2.18. The molecule has 0 heterocycles. The van der Waals surface area contributed by atoms with Crippen LogP contribution in [-0.2, 0) is 11.2 Å². The molecule has 2 aromatic rings. The summed E-state index contributed by atoms with van der Waals surface area (Å²) in [5, 5.41) is 4.14. The van der Waals surface area contributed by atoms with Crippen LogP contribution in [0.4, 0.5) is 0 Å². The predicted molar refractivity (Wildman–Crippen MR) is 102 cm³/mol. The van der Waals surface area contributed by atoms with E-state index in [0.717, 1.165) is 5.56 Å². The molecule has 0 bridgehead atoms. The van der Waals surface area contributed by atoms with Crippen molar-refractivity contribution in [3.05, 3.63) is 68.2 Å². The van der Waals surface area contributed by atoms with Crippen molar-refractivity contribution in [1.82, 2.24) is 5.32 Å². The molecule has 24 heavy (non-hydrogen) atoms. The standard InChI is InChI=1S/C20H23Cl2NO/c1-12-9-14(3)17(10-13(12)2)15(4)23-20(24)8-6-16-5-7-18(21)19(22)11-16/h5,7,9-11,15H,6,8H2,1-4H3,(H,23,24).